The van der Waals surface area contributed by atoms with Gasteiger partial charge in [0.15, 0.2) is 5.78 Å². The minimum absolute atomic E-state index is 0.0450. The van der Waals surface area contributed by atoms with Gasteiger partial charge >= 0.3 is 0 Å². The summed E-state index contributed by atoms with van der Waals surface area (Å²) in [5.74, 6) is 2.05. The Morgan fingerprint density at radius 1 is 1.19 bits per heavy atom. The first-order valence-corrected chi connectivity index (χ1v) is 6.68. The first kappa shape index (κ1) is 10.6. The Hall–Kier alpha value is -0.590. The first-order chi connectivity index (χ1) is 7.45. The van der Waals surface area contributed by atoms with Crippen LogP contribution in [-0.4, -0.2) is 5.78 Å². The van der Waals surface area contributed by atoms with E-state index in [1.165, 1.54) is 24.8 Å². The highest BCUT2D eigenvalue weighted by Gasteiger charge is 2.68. The predicted molar refractivity (Wildman–Crippen MR) is 65.0 cm³/mol. The van der Waals surface area contributed by atoms with Crippen LogP contribution in [0.2, 0.25) is 0 Å². The Morgan fingerprint density at radius 3 is 2.56 bits per heavy atom. The molecule has 0 aromatic heterocycles. The summed E-state index contributed by atoms with van der Waals surface area (Å²) in [5.41, 5.74) is 2.73. The Labute approximate surface area is 98.3 Å². The Bertz CT molecular complexity index is 406. The molecule has 2 fully saturated rings. The fourth-order valence-electron chi connectivity index (χ4n) is 5.33. The van der Waals surface area contributed by atoms with Gasteiger partial charge in [0.05, 0.1) is 0 Å². The molecule has 3 aliphatic rings. The van der Waals surface area contributed by atoms with Gasteiger partial charge in [0.2, 0.25) is 0 Å². The number of hydrogen-bond acceptors (Lipinski definition) is 1. The minimum atomic E-state index is -0.0450. The van der Waals surface area contributed by atoms with Gasteiger partial charge in [-0.2, -0.15) is 0 Å². The third-order valence-corrected chi connectivity index (χ3v) is 6.33. The Morgan fingerprint density at radius 2 is 1.88 bits per heavy atom. The molecule has 0 amide bonds. The van der Waals surface area contributed by atoms with Crippen molar-refractivity contribution in [2.24, 2.45) is 22.7 Å². The molecular formula is C15H22O. The van der Waals surface area contributed by atoms with Crippen LogP contribution in [0.1, 0.15) is 53.4 Å². The van der Waals surface area contributed by atoms with Crippen LogP contribution in [0.15, 0.2) is 11.1 Å². The Balaban J connectivity index is 2.22. The molecule has 0 aromatic rings. The Kier molecular flexibility index (Phi) is 1.85. The number of allylic oxidation sites excluding steroid dienone is 2. The smallest absolute Gasteiger partial charge is 0.165 e. The fourth-order valence-corrected chi connectivity index (χ4v) is 5.33. The zero-order valence-corrected chi connectivity index (χ0v) is 10.9. The van der Waals surface area contributed by atoms with E-state index in [1.54, 1.807) is 0 Å². The average Bonchev–Trinajstić information content (AvgIpc) is 2.79. The van der Waals surface area contributed by atoms with Crippen LogP contribution in [0.25, 0.3) is 0 Å². The monoisotopic (exact) mass is 218 g/mol. The largest absolute Gasteiger partial charge is 0.294 e. The molecule has 16 heavy (non-hydrogen) atoms. The van der Waals surface area contributed by atoms with Crippen LogP contribution in [-0.2, 0) is 4.79 Å². The van der Waals surface area contributed by atoms with Crippen LogP contribution in [0.3, 0.4) is 0 Å². The van der Waals surface area contributed by atoms with Gasteiger partial charge in [0, 0.05) is 10.8 Å². The van der Waals surface area contributed by atoms with E-state index < -0.39 is 0 Å². The van der Waals surface area contributed by atoms with E-state index in [0.29, 0.717) is 5.78 Å². The molecule has 1 nitrogen and oxygen atoms in total. The fraction of sp³-hybridized carbons (Fsp3) is 0.800. The molecule has 0 radical (unpaired) electrons. The molecule has 0 heterocycles. The normalized spacial score (nSPS) is 51.1. The van der Waals surface area contributed by atoms with Crippen molar-refractivity contribution in [3.63, 3.8) is 0 Å². The SMILES string of the molecule is CC1=C(C)C23CCC(C)C2CCC3(C)C1=O. The zero-order valence-electron chi connectivity index (χ0n) is 10.9. The lowest BCUT2D eigenvalue weighted by molar-refractivity contribution is -0.126. The van der Waals surface area contributed by atoms with Crippen LogP contribution < -0.4 is 0 Å². The van der Waals surface area contributed by atoms with E-state index in [2.05, 4.69) is 27.7 Å². The summed E-state index contributed by atoms with van der Waals surface area (Å²) in [7, 11) is 0. The van der Waals surface area contributed by atoms with Crippen molar-refractivity contribution in [1.82, 2.24) is 0 Å². The van der Waals surface area contributed by atoms with Crippen molar-refractivity contribution in [2.45, 2.75) is 53.4 Å². The summed E-state index contributed by atoms with van der Waals surface area (Å²) in [6, 6.07) is 0. The molecule has 4 atom stereocenters. The van der Waals surface area contributed by atoms with Gasteiger partial charge in [-0.3, -0.25) is 4.79 Å². The van der Waals surface area contributed by atoms with Crippen LogP contribution >= 0.6 is 0 Å². The van der Waals surface area contributed by atoms with Crippen LogP contribution in [0.5, 0.6) is 0 Å². The van der Waals surface area contributed by atoms with Crippen molar-refractivity contribution < 1.29 is 4.79 Å². The van der Waals surface area contributed by atoms with E-state index in [0.717, 1.165) is 23.8 Å². The van der Waals surface area contributed by atoms with Gasteiger partial charge in [-0.05, 0) is 56.9 Å². The quantitative estimate of drug-likeness (QED) is 0.605. The van der Waals surface area contributed by atoms with Gasteiger partial charge in [-0.25, -0.2) is 0 Å². The first-order valence-electron chi connectivity index (χ1n) is 6.68. The number of carbonyl (C=O) groups is 1. The van der Waals surface area contributed by atoms with E-state index in [9.17, 15) is 4.79 Å². The second-order valence-electron chi connectivity index (χ2n) is 6.54. The second kappa shape index (κ2) is 2.80. The summed E-state index contributed by atoms with van der Waals surface area (Å²) in [4.78, 5) is 12.5. The molecule has 0 aliphatic heterocycles. The topological polar surface area (TPSA) is 17.1 Å². The highest BCUT2D eigenvalue weighted by molar-refractivity contribution is 6.04. The number of Topliss-reactive ketones (excluding diaryl/α,β-unsaturated/α-hetero) is 1. The van der Waals surface area contributed by atoms with Crippen LogP contribution in [0, 0.1) is 22.7 Å². The van der Waals surface area contributed by atoms with Crippen molar-refractivity contribution in [3.8, 4) is 0 Å². The number of hydrogen-bond donors (Lipinski definition) is 0. The molecule has 3 aliphatic carbocycles. The molecule has 0 N–H and O–H groups in total. The van der Waals surface area contributed by atoms with Gasteiger partial charge in [-0.1, -0.05) is 19.4 Å². The van der Waals surface area contributed by atoms with Crippen molar-refractivity contribution >= 4 is 5.78 Å². The number of rotatable bonds is 0. The van der Waals surface area contributed by atoms with E-state index in [1.807, 2.05) is 0 Å². The second-order valence-corrected chi connectivity index (χ2v) is 6.54. The highest BCUT2D eigenvalue weighted by Crippen LogP contribution is 2.72. The van der Waals surface area contributed by atoms with E-state index in [4.69, 9.17) is 0 Å². The lowest BCUT2D eigenvalue weighted by Gasteiger charge is -2.39. The van der Waals surface area contributed by atoms with Crippen molar-refractivity contribution in [3.05, 3.63) is 11.1 Å². The molecule has 4 unspecified atom stereocenters. The highest BCUT2D eigenvalue weighted by atomic mass is 16.1. The minimum Gasteiger partial charge on any atom is -0.294 e. The third kappa shape index (κ3) is 0.813. The molecular weight excluding hydrogens is 196 g/mol. The third-order valence-electron chi connectivity index (χ3n) is 6.33. The maximum atomic E-state index is 12.5. The summed E-state index contributed by atoms with van der Waals surface area (Å²) >= 11 is 0. The molecule has 88 valence electrons. The van der Waals surface area contributed by atoms with E-state index in [-0.39, 0.29) is 10.8 Å². The maximum absolute atomic E-state index is 12.5. The number of ketones is 1. The standard InChI is InChI=1S/C15H22O/c1-9-5-8-15-11(3)10(2)13(16)14(15,4)7-6-12(9)15/h9,12H,5-8H2,1-4H3. The summed E-state index contributed by atoms with van der Waals surface area (Å²) < 4.78 is 0. The lowest BCUT2D eigenvalue weighted by Crippen LogP contribution is -2.38. The van der Waals surface area contributed by atoms with Gasteiger partial charge in [-0.15, -0.1) is 0 Å². The van der Waals surface area contributed by atoms with Crippen LogP contribution in [0.4, 0.5) is 0 Å². The van der Waals surface area contributed by atoms with Gasteiger partial charge in [0.1, 0.15) is 0 Å². The average molecular weight is 218 g/mol. The molecule has 2 saturated carbocycles. The number of carbonyl (C=O) groups excluding carboxylic acids is 1. The predicted octanol–water partition coefficient (Wildman–Crippen LogP) is 3.74. The molecule has 0 bridgehead atoms. The summed E-state index contributed by atoms with van der Waals surface area (Å²) in [5, 5.41) is 0. The molecule has 1 spiro atoms. The van der Waals surface area contributed by atoms with Crippen molar-refractivity contribution in [1.29, 1.82) is 0 Å². The molecule has 0 aromatic carbocycles. The molecule has 1 heteroatoms. The maximum Gasteiger partial charge on any atom is 0.165 e. The van der Waals surface area contributed by atoms with E-state index >= 15 is 0 Å². The zero-order chi connectivity index (χ0) is 11.7. The molecule has 3 rings (SSSR count). The van der Waals surface area contributed by atoms with Gasteiger partial charge < -0.3 is 0 Å². The van der Waals surface area contributed by atoms with Crippen molar-refractivity contribution in [2.75, 3.05) is 0 Å². The lowest BCUT2D eigenvalue weighted by atomic mass is 9.63. The van der Waals surface area contributed by atoms with Gasteiger partial charge in [0.25, 0.3) is 0 Å². The summed E-state index contributed by atoms with van der Waals surface area (Å²) in [6.45, 7) is 8.91. The molecule has 0 saturated heterocycles. The summed E-state index contributed by atoms with van der Waals surface area (Å²) in [6.07, 6.45) is 4.96.